The minimum Gasteiger partial charge on any atom is -0.337 e. The molecule has 1 amide bonds. The molecule has 0 bridgehead atoms. The number of aryl methyl sites for hydroxylation is 3. The molecule has 0 radical (unpaired) electrons. The van der Waals surface area contributed by atoms with Crippen LogP contribution in [0.25, 0.3) is 10.2 Å². The number of fused-ring (bicyclic) bond motifs is 3. The Labute approximate surface area is 207 Å². The van der Waals surface area contributed by atoms with Crippen molar-refractivity contribution < 1.29 is 4.79 Å². The Hall–Kier alpha value is -2.63. The summed E-state index contributed by atoms with van der Waals surface area (Å²) < 4.78 is 1.75. The van der Waals surface area contributed by atoms with Crippen LogP contribution in [-0.4, -0.2) is 26.8 Å². The van der Waals surface area contributed by atoms with Crippen molar-refractivity contribution in [1.29, 1.82) is 5.26 Å². The van der Waals surface area contributed by atoms with Crippen molar-refractivity contribution in [1.82, 2.24) is 14.9 Å². The number of amides is 1. The zero-order valence-corrected chi connectivity index (χ0v) is 20.8. The molecule has 2 aliphatic carbocycles. The number of aromatic nitrogens is 2. The van der Waals surface area contributed by atoms with Crippen molar-refractivity contribution in [3.8, 4) is 6.07 Å². The second-order valence-electron chi connectivity index (χ2n) is 9.22. The quantitative estimate of drug-likeness (QED) is 0.384. The van der Waals surface area contributed by atoms with E-state index >= 15 is 0 Å². The molecule has 2 aliphatic rings. The molecule has 0 saturated heterocycles. The van der Waals surface area contributed by atoms with Gasteiger partial charge in [0.1, 0.15) is 10.4 Å². The third-order valence-corrected chi connectivity index (χ3v) is 9.05. The molecule has 1 saturated carbocycles. The zero-order chi connectivity index (χ0) is 23.5. The first-order valence-corrected chi connectivity index (χ1v) is 13.8. The monoisotopic (exact) mass is 492 g/mol. The van der Waals surface area contributed by atoms with Crippen LogP contribution < -0.4 is 10.9 Å². The van der Waals surface area contributed by atoms with Gasteiger partial charge in [0, 0.05) is 11.4 Å². The van der Waals surface area contributed by atoms with Gasteiger partial charge in [-0.15, -0.1) is 11.3 Å². The molecule has 2 aromatic heterocycles. The molecule has 6 nitrogen and oxygen atoms in total. The number of hydrogen-bond acceptors (Lipinski definition) is 6. The number of nitrogens with zero attached hydrogens (tertiary/aromatic N) is 3. The SMILES string of the molecule is N#CC1(NC(=O)CSc2nc3sc4c(c3c(=O)n2CCc2ccccc2)CCCC4)CCCC1. The number of carbonyl (C=O) groups excluding carboxylic acids is 1. The Balaban J connectivity index is 1.43. The molecule has 2 heterocycles. The summed E-state index contributed by atoms with van der Waals surface area (Å²) in [6.07, 6.45) is 8.26. The number of benzene rings is 1. The van der Waals surface area contributed by atoms with Gasteiger partial charge < -0.3 is 5.32 Å². The van der Waals surface area contributed by atoms with Crippen LogP contribution in [0.4, 0.5) is 0 Å². The maximum atomic E-state index is 13.7. The fraction of sp³-hybridized carbons (Fsp3) is 0.462. The summed E-state index contributed by atoms with van der Waals surface area (Å²) in [6.45, 7) is 0.516. The maximum Gasteiger partial charge on any atom is 0.263 e. The van der Waals surface area contributed by atoms with Crippen molar-refractivity contribution in [3.05, 3.63) is 56.7 Å². The predicted octanol–water partition coefficient (Wildman–Crippen LogP) is 4.62. The Morgan fingerprint density at radius 1 is 1.18 bits per heavy atom. The van der Waals surface area contributed by atoms with E-state index in [4.69, 9.17) is 4.98 Å². The Morgan fingerprint density at radius 3 is 2.71 bits per heavy atom. The molecule has 176 valence electrons. The number of thioether (sulfide) groups is 1. The van der Waals surface area contributed by atoms with Gasteiger partial charge in [-0.2, -0.15) is 5.26 Å². The summed E-state index contributed by atoms with van der Waals surface area (Å²) in [6, 6.07) is 12.4. The van der Waals surface area contributed by atoms with Crippen molar-refractivity contribution >= 4 is 39.2 Å². The lowest BCUT2D eigenvalue weighted by Gasteiger charge is -2.22. The summed E-state index contributed by atoms with van der Waals surface area (Å²) in [4.78, 5) is 33.4. The molecule has 0 atom stereocenters. The van der Waals surface area contributed by atoms with E-state index < -0.39 is 5.54 Å². The van der Waals surface area contributed by atoms with E-state index in [9.17, 15) is 14.9 Å². The van der Waals surface area contributed by atoms with Gasteiger partial charge in [0.15, 0.2) is 5.16 Å². The molecular formula is C26H28N4O2S2. The van der Waals surface area contributed by atoms with E-state index in [1.165, 1.54) is 22.2 Å². The molecule has 3 aromatic rings. The van der Waals surface area contributed by atoms with Gasteiger partial charge in [0.2, 0.25) is 5.91 Å². The molecule has 5 rings (SSSR count). The first-order chi connectivity index (χ1) is 16.6. The van der Waals surface area contributed by atoms with E-state index in [2.05, 4.69) is 23.5 Å². The number of carbonyl (C=O) groups is 1. The second kappa shape index (κ2) is 9.93. The third kappa shape index (κ3) is 4.64. The van der Waals surface area contributed by atoms with Crippen molar-refractivity contribution in [2.75, 3.05) is 5.75 Å². The van der Waals surface area contributed by atoms with Crippen LogP contribution >= 0.6 is 23.1 Å². The molecule has 0 aliphatic heterocycles. The van der Waals surface area contributed by atoms with Gasteiger partial charge in [0.25, 0.3) is 5.56 Å². The van der Waals surface area contributed by atoms with Gasteiger partial charge in [-0.3, -0.25) is 14.2 Å². The number of nitrogens with one attached hydrogen (secondary N) is 1. The third-order valence-electron chi connectivity index (χ3n) is 6.89. The van der Waals surface area contributed by atoms with E-state index in [-0.39, 0.29) is 17.2 Å². The minimum atomic E-state index is -0.741. The summed E-state index contributed by atoms with van der Waals surface area (Å²) in [5, 5.41) is 13.9. The molecule has 34 heavy (non-hydrogen) atoms. The maximum absolute atomic E-state index is 13.7. The highest BCUT2D eigenvalue weighted by Gasteiger charge is 2.35. The lowest BCUT2D eigenvalue weighted by atomic mass is 9.97. The Kier molecular flexibility index (Phi) is 6.75. The molecule has 1 fully saturated rings. The van der Waals surface area contributed by atoms with Gasteiger partial charge in [-0.1, -0.05) is 42.1 Å². The van der Waals surface area contributed by atoms with Crippen LogP contribution in [0.5, 0.6) is 0 Å². The highest BCUT2D eigenvalue weighted by atomic mass is 32.2. The molecule has 0 spiro atoms. The summed E-state index contributed by atoms with van der Waals surface area (Å²) in [7, 11) is 0. The molecule has 1 aromatic carbocycles. The second-order valence-corrected chi connectivity index (χ2v) is 11.2. The normalized spacial score (nSPS) is 16.8. The average Bonchev–Trinajstić information content (AvgIpc) is 3.47. The Morgan fingerprint density at radius 2 is 1.94 bits per heavy atom. The van der Waals surface area contributed by atoms with Gasteiger partial charge in [-0.05, 0) is 68.9 Å². The Bertz CT molecular complexity index is 1300. The van der Waals surface area contributed by atoms with Crippen molar-refractivity contribution in [2.24, 2.45) is 0 Å². The summed E-state index contributed by atoms with van der Waals surface area (Å²) in [5.74, 6) is -0.0412. The van der Waals surface area contributed by atoms with Crippen LogP contribution in [0.2, 0.25) is 0 Å². The smallest absolute Gasteiger partial charge is 0.263 e. The number of nitriles is 1. The van der Waals surface area contributed by atoms with E-state index in [1.807, 2.05) is 18.2 Å². The van der Waals surface area contributed by atoms with Crippen molar-refractivity contribution in [2.45, 2.75) is 75.0 Å². The fourth-order valence-corrected chi connectivity index (χ4v) is 7.22. The molecular weight excluding hydrogens is 464 g/mol. The average molecular weight is 493 g/mol. The predicted molar refractivity (Wildman–Crippen MR) is 136 cm³/mol. The van der Waals surface area contributed by atoms with Crippen molar-refractivity contribution in [3.63, 3.8) is 0 Å². The lowest BCUT2D eigenvalue weighted by molar-refractivity contribution is -0.119. The topological polar surface area (TPSA) is 87.8 Å². The lowest BCUT2D eigenvalue weighted by Crippen LogP contribution is -2.45. The van der Waals surface area contributed by atoms with Gasteiger partial charge in [-0.25, -0.2) is 4.98 Å². The first kappa shape index (κ1) is 23.1. The van der Waals surface area contributed by atoms with E-state index in [1.54, 1.807) is 15.9 Å². The largest absolute Gasteiger partial charge is 0.337 e. The number of rotatable bonds is 7. The molecule has 1 N–H and O–H groups in total. The summed E-state index contributed by atoms with van der Waals surface area (Å²) >= 11 is 2.93. The standard InChI is InChI=1S/C26H28N4O2S2/c27-17-26(13-6-7-14-26)29-21(31)16-33-25-28-23-22(19-10-4-5-11-20(19)34-23)24(32)30(25)15-12-18-8-2-1-3-9-18/h1-3,8-9H,4-7,10-16H2,(H,29,31). The van der Waals surface area contributed by atoms with Crippen LogP contribution in [-0.2, 0) is 30.6 Å². The molecule has 0 unspecified atom stereocenters. The highest BCUT2D eigenvalue weighted by Crippen LogP contribution is 2.35. The summed E-state index contributed by atoms with van der Waals surface area (Å²) in [5.41, 5.74) is 1.61. The van der Waals surface area contributed by atoms with Crippen LogP contribution in [0.3, 0.4) is 0 Å². The van der Waals surface area contributed by atoms with E-state index in [0.717, 1.165) is 60.7 Å². The highest BCUT2D eigenvalue weighted by molar-refractivity contribution is 7.99. The van der Waals surface area contributed by atoms with E-state index in [0.29, 0.717) is 24.5 Å². The number of thiophene rings is 1. The van der Waals surface area contributed by atoms with Crippen LogP contribution in [0, 0.1) is 11.3 Å². The van der Waals surface area contributed by atoms with Gasteiger partial charge in [0.05, 0.1) is 17.2 Å². The van der Waals surface area contributed by atoms with Crippen LogP contribution in [0.15, 0.2) is 40.3 Å². The van der Waals surface area contributed by atoms with Gasteiger partial charge >= 0.3 is 0 Å². The zero-order valence-electron chi connectivity index (χ0n) is 19.1. The fourth-order valence-electron chi connectivity index (χ4n) is 5.09. The van der Waals surface area contributed by atoms with Crippen LogP contribution in [0.1, 0.15) is 54.5 Å². The minimum absolute atomic E-state index is 0.00697. The number of hydrogen-bond donors (Lipinski definition) is 1. The molecule has 8 heteroatoms. The first-order valence-electron chi connectivity index (χ1n) is 12.0.